The zero-order valence-corrected chi connectivity index (χ0v) is 7.28. The van der Waals surface area contributed by atoms with Crippen molar-refractivity contribution in [2.45, 2.75) is 20.3 Å². The normalized spacial score (nSPS) is 9.90. The van der Waals surface area contributed by atoms with E-state index < -0.39 is 0 Å². The van der Waals surface area contributed by atoms with Crippen LogP contribution in [0.1, 0.15) is 18.6 Å². The fourth-order valence-electron chi connectivity index (χ4n) is 0.718. The molecule has 0 radical (unpaired) electrons. The highest BCUT2D eigenvalue weighted by atomic mass is 31.0. The lowest BCUT2D eigenvalue weighted by Crippen LogP contribution is -2.11. The first kappa shape index (κ1) is 7.55. The van der Waals surface area contributed by atoms with E-state index in [9.17, 15) is 0 Å². The first-order chi connectivity index (χ1) is 4.72. The molecule has 1 heterocycles. The van der Waals surface area contributed by atoms with Crippen LogP contribution >= 0.6 is 9.24 Å². The van der Waals surface area contributed by atoms with Crippen LogP contribution in [0, 0.1) is 6.92 Å². The van der Waals surface area contributed by atoms with E-state index in [1.807, 2.05) is 13.8 Å². The number of hydrogen-bond donors (Lipinski definition) is 0. The van der Waals surface area contributed by atoms with Crippen LogP contribution in [0.25, 0.3) is 0 Å². The Morgan fingerprint density at radius 3 is 2.50 bits per heavy atom. The maximum absolute atomic E-state index is 4.12. The van der Waals surface area contributed by atoms with Crippen molar-refractivity contribution in [2.75, 3.05) is 0 Å². The minimum atomic E-state index is 0.726. The molecular weight excluding hydrogens is 145 g/mol. The lowest BCUT2D eigenvalue weighted by molar-refractivity contribution is 0.885. The molecular formula is C6H10N3P. The van der Waals surface area contributed by atoms with E-state index in [4.69, 9.17) is 0 Å². The molecule has 3 nitrogen and oxygen atoms in total. The largest absolute Gasteiger partial charge is 0.218 e. The van der Waals surface area contributed by atoms with Crippen LogP contribution < -0.4 is 5.57 Å². The van der Waals surface area contributed by atoms with Gasteiger partial charge in [0.2, 0.25) is 0 Å². The SMILES string of the molecule is CCc1nc(C)nc(P)n1. The first-order valence-corrected chi connectivity index (χ1v) is 3.77. The topological polar surface area (TPSA) is 38.7 Å². The molecule has 0 amide bonds. The molecule has 0 aromatic carbocycles. The molecule has 0 N–H and O–H groups in total. The molecule has 0 fully saturated rings. The average molecular weight is 155 g/mol. The van der Waals surface area contributed by atoms with Crippen molar-refractivity contribution in [1.29, 1.82) is 0 Å². The summed E-state index contributed by atoms with van der Waals surface area (Å²) in [5.41, 5.74) is 0.726. The molecule has 54 valence electrons. The number of aryl methyl sites for hydroxylation is 2. The van der Waals surface area contributed by atoms with Crippen LogP contribution in [0.3, 0.4) is 0 Å². The van der Waals surface area contributed by atoms with E-state index in [-0.39, 0.29) is 0 Å². The van der Waals surface area contributed by atoms with Crippen LogP contribution in [-0.2, 0) is 6.42 Å². The highest BCUT2D eigenvalue weighted by Gasteiger charge is 1.95. The smallest absolute Gasteiger partial charge is 0.148 e. The standard InChI is InChI=1S/C6H10N3P/c1-3-5-7-4(2)8-6(10)9-5/h3,10H2,1-2H3. The molecule has 1 atom stereocenters. The van der Waals surface area contributed by atoms with E-state index in [1.165, 1.54) is 0 Å². The van der Waals surface area contributed by atoms with Crippen molar-refractivity contribution in [3.8, 4) is 0 Å². The van der Waals surface area contributed by atoms with Gasteiger partial charge in [0.05, 0.1) is 0 Å². The van der Waals surface area contributed by atoms with Crippen LogP contribution in [0.5, 0.6) is 0 Å². The molecule has 1 unspecified atom stereocenters. The molecule has 0 bridgehead atoms. The third-order valence-electron chi connectivity index (χ3n) is 1.13. The molecule has 0 aliphatic rings. The third kappa shape index (κ3) is 1.71. The summed E-state index contributed by atoms with van der Waals surface area (Å²) in [6.45, 7) is 3.90. The Kier molecular flexibility index (Phi) is 2.28. The van der Waals surface area contributed by atoms with Gasteiger partial charge in [0.25, 0.3) is 0 Å². The Hall–Kier alpha value is -0.560. The monoisotopic (exact) mass is 155 g/mol. The quantitative estimate of drug-likeness (QED) is 0.545. The minimum absolute atomic E-state index is 0.726. The number of hydrogen-bond acceptors (Lipinski definition) is 3. The van der Waals surface area contributed by atoms with Gasteiger partial charge in [-0.3, -0.25) is 0 Å². The van der Waals surface area contributed by atoms with Crippen molar-refractivity contribution in [3.05, 3.63) is 11.6 Å². The van der Waals surface area contributed by atoms with Crippen LogP contribution in [0.4, 0.5) is 0 Å². The van der Waals surface area contributed by atoms with E-state index in [1.54, 1.807) is 0 Å². The molecule has 0 saturated carbocycles. The highest BCUT2D eigenvalue weighted by molar-refractivity contribution is 7.26. The van der Waals surface area contributed by atoms with Crippen LogP contribution in [0.2, 0.25) is 0 Å². The van der Waals surface area contributed by atoms with E-state index in [0.29, 0.717) is 0 Å². The van der Waals surface area contributed by atoms with E-state index >= 15 is 0 Å². The van der Waals surface area contributed by atoms with Gasteiger partial charge in [0.1, 0.15) is 17.2 Å². The number of nitrogens with zero attached hydrogens (tertiary/aromatic N) is 3. The average Bonchev–Trinajstić information content (AvgIpc) is 1.85. The summed E-state index contributed by atoms with van der Waals surface area (Å²) in [6.07, 6.45) is 0.866. The lowest BCUT2D eigenvalue weighted by atomic mass is 10.4. The van der Waals surface area contributed by atoms with Crippen molar-refractivity contribution >= 4 is 14.8 Å². The molecule has 0 aliphatic carbocycles. The maximum Gasteiger partial charge on any atom is 0.148 e. The molecule has 1 aromatic rings. The zero-order chi connectivity index (χ0) is 7.56. The summed E-state index contributed by atoms with van der Waals surface area (Å²) in [6, 6.07) is 0. The van der Waals surface area contributed by atoms with Gasteiger partial charge in [-0.25, -0.2) is 15.0 Å². The predicted molar refractivity (Wildman–Crippen MR) is 43.3 cm³/mol. The second-order valence-electron chi connectivity index (χ2n) is 2.01. The van der Waals surface area contributed by atoms with Gasteiger partial charge in [0.15, 0.2) is 0 Å². The summed E-state index contributed by atoms with van der Waals surface area (Å²) in [7, 11) is 2.46. The Bertz CT molecular complexity index is 216. The molecule has 4 heteroatoms. The predicted octanol–water partition coefficient (Wildman–Crippen LogP) is 0.243. The summed E-state index contributed by atoms with van der Waals surface area (Å²) in [5.74, 6) is 1.65. The van der Waals surface area contributed by atoms with E-state index in [0.717, 1.165) is 23.6 Å². The van der Waals surface area contributed by atoms with Crippen molar-refractivity contribution in [3.63, 3.8) is 0 Å². The minimum Gasteiger partial charge on any atom is -0.218 e. The van der Waals surface area contributed by atoms with Gasteiger partial charge in [-0.15, -0.1) is 0 Å². The Balaban J connectivity index is 3.06. The maximum atomic E-state index is 4.12. The summed E-state index contributed by atoms with van der Waals surface area (Å²) in [5, 5.41) is 0. The second kappa shape index (κ2) is 3.02. The van der Waals surface area contributed by atoms with Crippen LogP contribution in [0.15, 0.2) is 0 Å². The van der Waals surface area contributed by atoms with Gasteiger partial charge in [0, 0.05) is 6.42 Å². The van der Waals surface area contributed by atoms with Crippen LogP contribution in [-0.4, -0.2) is 15.0 Å². The van der Waals surface area contributed by atoms with Gasteiger partial charge in [-0.2, -0.15) is 0 Å². The second-order valence-corrected chi connectivity index (χ2v) is 2.53. The summed E-state index contributed by atoms with van der Waals surface area (Å²) >= 11 is 0. The number of rotatable bonds is 1. The molecule has 0 aliphatic heterocycles. The molecule has 0 spiro atoms. The van der Waals surface area contributed by atoms with E-state index in [2.05, 4.69) is 24.2 Å². The fraction of sp³-hybridized carbons (Fsp3) is 0.500. The van der Waals surface area contributed by atoms with Crippen molar-refractivity contribution in [1.82, 2.24) is 15.0 Å². The fourth-order valence-corrected chi connectivity index (χ4v) is 1.05. The molecule has 0 saturated heterocycles. The highest BCUT2D eigenvalue weighted by Crippen LogP contribution is 1.90. The van der Waals surface area contributed by atoms with Gasteiger partial charge < -0.3 is 0 Å². The summed E-state index contributed by atoms with van der Waals surface area (Å²) in [4.78, 5) is 12.2. The number of aromatic nitrogens is 3. The third-order valence-corrected chi connectivity index (χ3v) is 1.39. The molecule has 10 heavy (non-hydrogen) atoms. The Morgan fingerprint density at radius 2 is 2.00 bits per heavy atom. The molecule has 1 aromatic heterocycles. The van der Waals surface area contributed by atoms with Crippen molar-refractivity contribution in [2.24, 2.45) is 0 Å². The zero-order valence-electron chi connectivity index (χ0n) is 6.13. The van der Waals surface area contributed by atoms with Gasteiger partial charge in [-0.05, 0) is 6.92 Å². The molecule has 1 rings (SSSR count). The first-order valence-electron chi connectivity index (χ1n) is 3.19. The summed E-state index contributed by atoms with van der Waals surface area (Å²) < 4.78 is 0. The van der Waals surface area contributed by atoms with Gasteiger partial charge in [-0.1, -0.05) is 16.2 Å². The lowest BCUT2D eigenvalue weighted by Gasteiger charge is -1.97. The van der Waals surface area contributed by atoms with Crippen molar-refractivity contribution < 1.29 is 0 Å². The van der Waals surface area contributed by atoms with Gasteiger partial charge >= 0.3 is 0 Å². The Labute approximate surface area is 62.5 Å². The Morgan fingerprint density at radius 1 is 1.30 bits per heavy atom.